The lowest BCUT2D eigenvalue weighted by molar-refractivity contribution is 0.0600. The minimum atomic E-state index is -0.409. The van der Waals surface area contributed by atoms with Gasteiger partial charge in [-0.05, 0) is 37.5 Å². The molecule has 0 aliphatic carbocycles. The number of rotatable bonds is 8. The van der Waals surface area contributed by atoms with Crippen LogP contribution in [0.5, 0.6) is 5.75 Å². The van der Waals surface area contributed by atoms with E-state index in [1.165, 1.54) is 7.11 Å². The number of nitrogen functional groups attached to an aromatic ring is 1. The van der Waals surface area contributed by atoms with Crippen LogP contribution in [0.1, 0.15) is 36.0 Å². The molecule has 19 heavy (non-hydrogen) atoms. The Balaban J connectivity index is 2.46. The number of unbranched alkanes of at least 4 members (excludes halogenated alkanes) is 3. The maximum atomic E-state index is 11.4. The molecule has 1 aromatic carbocycles. The van der Waals surface area contributed by atoms with Gasteiger partial charge < -0.3 is 20.3 Å². The maximum absolute atomic E-state index is 11.4. The van der Waals surface area contributed by atoms with E-state index in [0.717, 1.165) is 25.7 Å². The lowest BCUT2D eigenvalue weighted by atomic mass is 10.2. The molecule has 0 radical (unpaired) electrons. The third kappa shape index (κ3) is 5.18. The molecule has 3 N–H and O–H groups in total. The first-order valence-electron chi connectivity index (χ1n) is 6.40. The maximum Gasteiger partial charge on any atom is 0.337 e. The molecule has 0 bridgehead atoms. The largest absolute Gasteiger partial charge is 0.491 e. The molecule has 0 atom stereocenters. The highest BCUT2D eigenvalue weighted by molar-refractivity contribution is 5.90. The zero-order valence-corrected chi connectivity index (χ0v) is 11.2. The van der Waals surface area contributed by atoms with Gasteiger partial charge in [-0.15, -0.1) is 0 Å². The number of hydrogen-bond acceptors (Lipinski definition) is 5. The summed E-state index contributed by atoms with van der Waals surface area (Å²) in [6.07, 6.45) is 3.69. The third-order valence-corrected chi connectivity index (χ3v) is 2.74. The fraction of sp³-hybridized carbons (Fsp3) is 0.500. The molecule has 0 saturated carbocycles. The highest BCUT2D eigenvalue weighted by Crippen LogP contribution is 2.23. The van der Waals surface area contributed by atoms with Crippen molar-refractivity contribution in [3.63, 3.8) is 0 Å². The summed E-state index contributed by atoms with van der Waals surface area (Å²) in [7, 11) is 1.33. The predicted molar refractivity (Wildman–Crippen MR) is 73.2 cm³/mol. The van der Waals surface area contributed by atoms with Gasteiger partial charge in [0.25, 0.3) is 0 Å². The summed E-state index contributed by atoms with van der Waals surface area (Å²) in [5.74, 6) is 0.0952. The SMILES string of the molecule is COC(=O)c1ccc(N)c(OCCCCCCO)c1. The van der Waals surface area contributed by atoms with Gasteiger partial charge in [0.05, 0.1) is 25.0 Å². The first-order valence-corrected chi connectivity index (χ1v) is 6.40. The van der Waals surface area contributed by atoms with Crippen molar-refractivity contribution in [2.45, 2.75) is 25.7 Å². The zero-order valence-electron chi connectivity index (χ0n) is 11.2. The number of carbonyl (C=O) groups is 1. The molecule has 1 rings (SSSR count). The molecule has 1 aromatic rings. The molecule has 0 spiro atoms. The van der Waals surface area contributed by atoms with Crippen molar-refractivity contribution < 1.29 is 19.4 Å². The molecule has 0 amide bonds. The van der Waals surface area contributed by atoms with Crippen LogP contribution in [0.3, 0.4) is 0 Å². The van der Waals surface area contributed by atoms with Crippen molar-refractivity contribution in [2.75, 3.05) is 26.1 Å². The van der Waals surface area contributed by atoms with Crippen molar-refractivity contribution in [3.05, 3.63) is 23.8 Å². The Morgan fingerprint density at radius 3 is 2.68 bits per heavy atom. The van der Waals surface area contributed by atoms with E-state index in [1.54, 1.807) is 18.2 Å². The molecular weight excluding hydrogens is 246 g/mol. The number of aliphatic hydroxyl groups is 1. The van der Waals surface area contributed by atoms with E-state index in [1.807, 2.05) is 0 Å². The Labute approximate surface area is 113 Å². The highest BCUT2D eigenvalue weighted by Gasteiger charge is 2.09. The average Bonchev–Trinajstić information content (AvgIpc) is 2.43. The minimum absolute atomic E-state index is 0.231. The van der Waals surface area contributed by atoms with Crippen LogP contribution >= 0.6 is 0 Å². The fourth-order valence-corrected chi connectivity index (χ4v) is 1.65. The van der Waals surface area contributed by atoms with E-state index in [2.05, 4.69) is 4.74 Å². The quantitative estimate of drug-likeness (QED) is 0.427. The summed E-state index contributed by atoms with van der Waals surface area (Å²) in [6, 6.07) is 4.83. The molecule has 0 aliphatic heterocycles. The van der Waals surface area contributed by atoms with E-state index in [-0.39, 0.29) is 6.61 Å². The molecule has 0 heterocycles. The number of aliphatic hydroxyl groups excluding tert-OH is 1. The Morgan fingerprint density at radius 1 is 1.26 bits per heavy atom. The van der Waals surface area contributed by atoms with E-state index in [0.29, 0.717) is 23.6 Å². The van der Waals surface area contributed by atoms with Crippen LogP contribution in [0.25, 0.3) is 0 Å². The van der Waals surface area contributed by atoms with Crippen LogP contribution in [0, 0.1) is 0 Å². The van der Waals surface area contributed by atoms with Crippen LogP contribution < -0.4 is 10.5 Å². The number of nitrogens with two attached hydrogens (primary N) is 1. The third-order valence-electron chi connectivity index (χ3n) is 2.74. The lowest BCUT2D eigenvalue weighted by Crippen LogP contribution is -2.05. The molecular formula is C14H21NO4. The molecule has 0 aliphatic rings. The highest BCUT2D eigenvalue weighted by atomic mass is 16.5. The number of ether oxygens (including phenoxy) is 2. The standard InChI is InChI=1S/C14H21NO4/c1-18-14(17)11-6-7-12(15)13(10-11)19-9-5-3-2-4-8-16/h6-7,10,16H,2-5,8-9,15H2,1H3. The molecule has 106 valence electrons. The fourth-order valence-electron chi connectivity index (χ4n) is 1.65. The number of benzene rings is 1. The van der Waals surface area contributed by atoms with Gasteiger partial charge in [-0.25, -0.2) is 4.79 Å². The number of anilines is 1. The second-order valence-corrected chi connectivity index (χ2v) is 4.23. The Hall–Kier alpha value is -1.75. The number of esters is 1. The summed E-state index contributed by atoms with van der Waals surface area (Å²) in [5, 5.41) is 8.65. The van der Waals surface area contributed by atoms with Gasteiger partial charge in [0, 0.05) is 6.61 Å². The summed E-state index contributed by atoms with van der Waals surface area (Å²) in [5.41, 5.74) is 6.71. The van der Waals surface area contributed by atoms with Crippen molar-refractivity contribution in [1.82, 2.24) is 0 Å². The van der Waals surface area contributed by atoms with Crippen LogP contribution in [-0.2, 0) is 4.74 Å². The van der Waals surface area contributed by atoms with Gasteiger partial charge in [-0.1, -0.05) is 6.42 Å². The molecule has 0 saturated heterocycles. The second-order valence-electron chi connectivity index (χ2n) is 4.23. The smallest absolute Gasteiger partial charge is 0.337 e. The molecule has 5 heteroatoms. The average molecular weight is 267 g/mol. The summed E-state index contributed by atoms with van der Waals surface area (Å²) in [6.45, 7) is 0.773. The van der Waals surface area contributed by atoms with Gasteiger partial charge >= 0.3 is 5.97 Å². The van der Waals surface area contributed by atoms with Crippen LogP contribution in [0.15, 0.2) is 18.2 Å². The number of hydrogen-bond donors (Lipinski definition) is 2. The van der Waals surface area contributed by atoms with Gasteiger partial charge in [0.2, 0.25) is 0 Å². The molecule has 0 aromatic heterocycles. The van der Waals surface area contributed by atoms with E-state index in [9.17, 15) is 4.79 Å². The first-order chi connectivity index (χ1) is 9.19. The lowest BCUT2D eigenvalue weighted by Gasteiger charge is -2.10. The van der Waals surface area contributed by atoms with Gasteiger partial charge in [-0.2, -0.15) is 0 Å². The van der Waals surface area contributed by atoms with Crippen molar-refractivity contribution in [3.8, 4) is 5.75 Å². The number of methoxy groups -OCH3 is 1. The number of carbonyl (C=O) groups excluding carboxylic acids is 1. The molecule has 0 fully saturated rings. The summed E-state index contributed by atoms with van der Waals surface area (Å²) in [4.78, 5) is 11.4. The minimum Gasteiger partial charge on any atom is -0.491 e. The van der Waals surface area contributed by atoms with Crippen molar-refractivity contribution in [1.29, 1.82) is 0 Å². The summed E-state index contributed by atoms with van der Waals surface area (Å²) >= 11 is 0. The van der Waals surface area contributed by atoms with E-state index < -0.39 is 5.97 Å². The van der Waals surface area contributed by atoms with Crippen LogP contribution in [0.2, 0.25) is 0 Å². The van der Waals surface area contributed by atoms with E-state index >= 15 is 0 Å². The van der Waals surface area contributed by atoms with E-state index in [4.69, 9.17) is 15.6 Å². The predicted octanol–water partition coefficient (Wildman–Crippen LogP) is 1.99. The van der Waals surface area contributed by atoms with Crippen LogP contribution in [-0.4, -0.2) is 31.4 Å². The van der Waals surface area contributed by atoms with Crippen molar-refractivity contribution >= 4 is 11.7 Å². The van der Waals surface area contributed by atoms with Gasteiger partial charge in [0.1, 0.15) is 5.75 Å². The normalized spacial score (nSPS) is 10.2. The Bertz CT molecular complexity index is 406. The molecule has 5 nitrogen and oxygen atoms in total. The molecule has 0 unspecified atom stereocenters. The van der Waals surface area contributed by atoms with Crippen molar-refractivity contribution in [2.24, 2.45) is 0 Å². The monoisotopic (exact) mass is 267 g/mol. The van der Waals surface area contributed by atoms with Crippen LogP contribution in [0.4, 0.5) is 5.69 Å². The van der Waals surface area contributed by atoms with Gasteiger partial charge in [-0.3, -0.25) is 0 Å². The van der Waals surface area contributed by atoms with Gasteiger partial charge in [0.15, 0.2) is 0 Å². The second kappa shape index (κ2) is 8.37. The zero-order chi connectivity index (χ0) is 14.1. The topological polar surface area (TPSA) is 81.8 Å². The Kier molecular flexibility index (Phi) is 6.74. The first kappa shape index (κ1) is 15.3. The summed E-state index contributed by atoms with van der Waals surface area (Å²) < 4.78 is 10.2. The Morgan fingerprint density at radius 2 is 2.00 bits per heavy atom.